The van der Waals surface area contributed by atoms with E-state index in [0.717, 1.165) is 0 Å². The smallest absolute Gasteiger partial charge is 0.340 e. The van der Waals surface area contributed by atoms with Gasteiger partial charge in [0.05, 0.1) is 32.6 Å². The molecule has 0 spiro atoms. The highest BCUT2D eigenvalue weighted by atomic mass is 16.5. The Balaban J connectivity index is 2.20. The van der Waals surface area contributed by atoms with Crippen LogP contribution in [0.2, 0.25) is 0 Å². The summed E-state index contributed by atoms with van der Waals surface area (Å²) in [6.45, 7) is 2.61. The SMILES string of the molecule is COC(=O)c1cc(OC)c(OC)cc1NC(=O)C1CCN(C(C)=O)CC1. The molecule has 0 radical (unpaired) electrons. The van der Waals surface area contributed by atoms with E-state index in [1.807, 2.05) is 0 Å². The van der Waals surface area contributed by atoms with Crippen LogP contribution in [0.15, 0.2) is 12.1 Å². The van der Waals surface area contributed by atoms with Crippen LogP contribution < -0.4 is 14.8 Å². The Morgan fingerprint density at radius 2 is 1.62 bits per heavy atom. The number of carbonyl (C=O) groups is 3. The number of methoxy groups -OCH3 is 3. The molecule has 1 fully saturated rings. The second kappa shape index (κ2) is 8.55. The van der Waals surface area contributed by atoms with Crippen LogP contribution >= 0.6 is 0 Å². The number of rotatable bonds is 5. The van der Waals surface area contributed by atoms with E-state index in [1.54, 1.807) is 4.90 Å². The molecule has 0 atom stereocenters. The molecule has 0 aliphatic carbocycles. The number of anilines is 1. The molecule has 1 aliphatic heterocycles. The zero-order chi connectivity index (χ0) is 19.3. The minimum atomic E-state index is -0.590. The lowest BCUT2D eigenvalue weighted by Crippen LogP contribution is -2.40. The van der Waals surface area contributed by atoms with E-state index in [-0.39, 0.29) is 23.3 Å². The molecule has 1 aromatic rings. The molecular weight excluding hydrogens is 340 g/mol. The number of nitrogens with one attached hydrogen (secondary N) is 1. The monoisotopic (exact) mass is 364 g/mol. The fourth-order valence-electron chi connectivity index (χ4n) is 2.95. The summed E-state index contributed by atoms with van der Waals surface area (Å²) in [5.41, 5.74) is 0.480. The van der Waals surface area contributed by atoms with Crippen molar-refractivity contribution in [2.24, 2.45) is 5.92 Å². The fourth-order valence-corrected chi connectivity index (χ4v) is 2.95. The third-order valence-electron chi connectivity index (χ3n) is 4.50. The number of carbonyl (C=O) groups excluding carboxylic acids is 3. The maximum atomic E-state index is 12.6. The molecule has 0 aromatic heterocycles. The number of benzene rings is 1. The van der Waals surface area contributed by atoms with Crippen molar-refractivity contribution in [2.45, 2.75) is 19.8 Å². The molecule has 26 heavy (non-hydrogen) atoms. The summed E-state index contributed by atoms with van der Waals surface area (Å²) in [6, 6.07) is 3.01. The Morgan fingerprint density at radius 3 is 2.12 bits per heavy atom. The fraction of sp³-hybridized carbons (Fsp3) is 0.500. The number of amides is 2. The van der Waals surface area contributed by atoms with Gasteiger partial charge in [0.1, 0.15) is 0 Å². The molecule has 1 aromatic carbocycles. The molecule has 2 amide bonds. The first-order valence-electron chi connectivity index (χ1n) is 8.32. The van der Waals surface area contributed by atoms with Crippen molar-refractivity contribution in [1.29, 1.82) is 0 Å². The maximum absolute atomic E-state index is 12.6. The number of hydrogen-bond acceptors (Lipinski definition) is 6. The summed E-state index contributed by atoms with van der Waals surface area (Å²) < 4.78 is 15.2. The van der Waals surface area contributed by atoms with Gasteiger partial charge < -0.3 is 24.4 Å². The van der Waals surface area contributed by atoms with Gasteiger partial charge in [0.25, 0.3) is 0 Å². The Kier molecular flexibility index (Phi) is 6.43. The molecule has 8 nitrogen and oxygen atoms in total. The number of hydrogen-bond donors (Lipinski definition) is 1. The summed E-state index contributed by atoms with van der Waals surface area (Å²) in [7, 11) is 4.20. The van der Waals surface area contributed by atoms with Crippen LogP contribution in [0.25, 0.3) is 0 Å². The van der Waals surface area contributed by atoms with Gasteiger partial charge in [-0.05, 0) is 12.8 Å². The molecule has 0 bridgehead atoms. The lowest BCUT2D eigenvalue weighted by Gasteiger charge is -2.30. The minimum absolute atomic E-state index is 0.0109. The van der Waals surface area contributed by atoms with Crippen molar-refractivity contribution in [1.82, 2.24) is 4.90 Å². The summed E-state index contributed by atoms with van der Waals surface area (Å²) >= 11 is 0. The van der Waals surface area contributed by atoms with Crippen LogP contribution in [-0.2, 0) is 14.3 Å². The summed E-state index contributed by atoms with van der Waals surface area (Å²) in [4.78, 5) is 37.8. The zero-order valence-corrected chi connectivity index (χ0v) is 15.5. The Hall–Kier alpha value is -2.77. The van der Waals surface area contributed by atoms with E-state index >= 15 is 0 Å². The van der Waals surface area contributed by atoms with Gasteiger partial charge in [-0.15, -0.1) is 0 Å². The Bertz CT molecular complexity index is 695. The molecule has 1 saturated heterocycles. The number of ether oxygens (including phenoxy) is 3. The standard InChI is InChI=1S/C18H24N2O6/c1-11(21)20-7-5-12(6-8-20)17(22)19-14-10-16(25-3)15(24-2)9-13(14)18(23)26-4/h9-10,12H,5-8H2,1-4H3,(H,19,22). The summed E-state index contributed by atoms with van der Waals surface area (Å²) in [5.74, 6) is -0.262. The summed E-state index contributed by atoms with van der Waals surface area (Å²) in [5, 5.41) is 2.79. The predicted octanol–water partition coefficient (Wildman–Crippen LogP) is 1.69. The third-order valence-corrected chi connectivity index (χ3v) is 4.50. The topological polar surface area (TPSA) is 94.2 Å². The second-order valence-electron chi connectivity index (χ2n) is 6.01. The first-order chi connectivity index (χ1) is 12.4. The predicted molar refractivity (Wildman–Crippen MR) is 94.5 cm³/mol. The lowest BCUT2D eigenvalue weighted by atomic mass is 9.95. The largest absolute Gasteiger partial charge is 0.493 e. The molecule has 1 heterocycles. The van der Waals surface area contributed by atoms with E-state index in [4.69, 9.17) is 14.2 Å². The van der Waals surface area contributed by atoms with E-state index in [2.05, 4.69) is 5.32 Å². The van der Waals surface area contributed by atoms with Crippen LogP contribution in [0.5, 0.6) is 11.5 Å². The van der Waals surface area contributed by atoms with Gasteiger partial charge in [-0.3, -0.25) is 9.59 Å². The van der Waals surface area contributed by atoms with Crippen LogP contribution in [0.1, 0.15) is 30.1 Å². The Labute approximate surface area is 152 Å². The normalized spacial score (nSPS) is 14.5. The molecule has 1 N–H and O–H groups in total. The molecule has 8 heteroatoms. The number of likely N-dealkylation sites (tertiary alicyclic amines) is 1. The van der Waals surface area contributed by atoms with Crippen molar-refractivity contribution in [2.75, 3.05) is 39.7 Å². The lowest BCUT2D eigenvalue weighted by molar-refractivity contribution is -0.132. The van der Waals surface area contributed by atoms with E-state index in [0.29, 0.717) is 43.1 Å². The number of piperidine rings is 1. The quantitative estimate of drug-likeness (QED) is 0.799. The van der Waals surface area contributed by atoms with Crippen molar-refractivity contribution in [3.63, 3.8) is 0 Å². The number of nitrogens with zero attached hydrogens (tertiary/aromatic N) is 1. The highest BCUT2D eigenvalue weighted by molar-refractivity contribution is 6.02. The number of esters is 1. The maximum Gasteiger partial charge on any atom is 0.340 e. The molecule has 2 rings (SSSR count). The van der Waals surface area contributed by atoms with Crippen LogP contribution in [0, 0.1) is 5.92 Å². The van der Waals surface area contributed by atoms with Gasteiger partial charge in [0, 0.05) is 38.1 Å². The van der Waals surface area contributed by atoms with Crippen molar-refractivity contribution in [3.05, 3.63) is 17.7 Å². The van der Waals surface area contributed by atoms with E-state index < -0.39 is 5.97 Å². The first-order valence-corrected chi connectivity index (χ1v) is 8.32. The van der Waals surface area contributed by atoms with Gasteiger partial charge in [-0.25, -0.2) is 4.79 Å². The van der Waals surface area contributed by atoms with Crippen molar-refractivity contribution >= 4 is 23.5 Å². The van der Waals surface area contributed by atoms with Crippen molar-refractivity contribution < 1.29 is 28.6 Å². The minimum Gasteiger partial charge on any atom is -0.493 e. The van der Waals surface area contributed by atoms with Crippen LogP contribution in [-0.4, -0.2) is 57.1 Å². The zero-order valence-electron chi connectivity index (χ0n) is 15.5. The highest BCUT2D eigenvalue weighted by Gasteiger charge is 2.27. The summed E-state index contributed by atoms with van der Waals surface area (Å²) in [6.07, 6.45) is 1.15. The highest BCUT2D eigenvalue weighted by Crippen LogP contribution is 2.34. The second-order valence-corrected chi connectivity index (χ2v) is 6.01. The van der Waals surface area contributed by atoms with E-state index in [1.165, 1.54) is 40.4 Å². The molecular formula is C18H24N2O6. The molecule has 1 aliphatic rings. The average Bonchev–Trinajstić information content (AvgIpc) is 2.66. The third kappa shape index (κ3) is 4.25. The molecule has 0 saturated carbocycles. The Morgan fingerprint density at radius 1 is 1.04 bits per heavy atom. The van der Waals surface area contributed by atoms with Gasteiger partial charge in [-0.1, -0.05) is 0 Å². The van der Waals surface area contributed by atoms with Gasteiger partial charge >= 0.3 is 5.97 Å². The molecule has 0 unspecified atom stereocenters. The van der Waals surface area contributed by atoms with Crippen LogP contribution in [0.3, 0.4) is 0 Å². The van der Waals surface area contributed by atoms with Gasteiger partial charge in [0.2, 0.25) is 11.8 Å². The first kappa shape index (κ1) is 19.6. The average molecular weight is 364 g/mol. The van der Waals surface area contributed by atoms with Crippen molar-refractivity contribution in [3.8, 4) is 11.5 Å². The van der Waals surface area contributed by atoms with Crippen LogP contribution in [0.4, 0.5) is 5.69 Å². The molecule has 142 valence electrons. The van der Waals surface area contributed by atoms with E-state index in [9.17, 15) is 14.4 Å². The van der Waals surface area contributed by atoms with Gasteiger partial charge in [0.15, 0.2) is 11.5 Å². The van der Waals surface area contributed by atoms with Gasteiger partial charge in [-0.2, -0.15) is 0 Å².